The second-order valence-corrected chi connectivity index (χ2v) is 4.97. The summed E-state index contributed by atoms with van der Waals surface area (Å²) in [6.45, 7) is 9.13. The second-order valence-electron chi connectivity index (χ2n) is 4.97. The van der Waals surface area contributed by atoms with Crippen LogP contribution in [0.5, 0.6) is 0 Å². The van der Waals surface area contributed by atoms with Crippen molar-refractivity contribution in [2.24, 2.45) is 0 Å². The van der Waals surface area contributed by atoms with E-state index in [0.29, 0.717) is 19.3 Å². The summed E-state index contributed by atoms with van der Waals surface area (Å²) in [6, 6.07) is 0.361. The highest BCUT2D eigenvalue weighted by atomic mass is 16.5. The largest absolute Gasteiger partial charge is 0.378 e. The Balaban J connectivity index is 1.98. The number of morpholine rings is 1. The molecule has 1 heterocycles. The van der Waals surface area contributed by atoms with Gasteiger partial charge in [0.2, 0.25) is 5.91 Å². The minimum absolute atomic E-state index is 0.185. The molecule has 1 aliphatic heterocycles. The average molecular weight is 264 g/mol. The van der Waals surface area contributed by atoms with Gasteiger partial charge in [0.05, 0.1) is 13.2 Å². The van der Waals surface area contributed by atoms with E-state index in [1.165, 1.54) is 0 Å². The molecule has 2 aliphatic rings. The van der Waals surface area contributed by atoms with Gasteiger partial charge < -0.3 is 9.64 Å². The number of allylic oxidation sites excluding steroid dienone is 2. The molecule has 0 radical (unpaired) electrons. The number of hydrogen-bond donors (Lipinski definition) is 0. The molecule has 1 amide bonds. The molecule has 2 rings (SSSR count). The molecular formula is C15H24N2O2. The van der Waals surface area contributed by atoms with Crippen molar-refractivity contribution >= 4 is 5.91 Å². The number of ether oxygens (including phenoxy) is 1. The van der Waals surface area contributed by atoms with Crippen molar-refractivity contribution in [3.8, 4) is 0 Å². The van der Waals surface area contributed by atoms with Gasteiger partial charge >= 0.3 is 0 Å². The van der Waals surface area contributed by atoms with Gasteiger partial charge in [-0.3, -0.25) is 9.69 Å². The summed E-state index contributed by atoms with van der Waals surface area (Å²) in [5.41, 5.74) is 0.932. The lowest BCUT2D eigenvalue weighted by Crippen LogP contribution is -2.43. The van der Waals surface area contributed by atoms with Gasteiger partial charge in [-0.2, -0.15) is 0 Å². The van der Waals surface area contributed by atoms with E-state index in [0.717, 1.165) is 38.2 Å². The zero-order valence-electron chi connectivity index (χ0n) is 12.0. The van der Waals surface area contributed by atoms with E-state index in [1.54, 1.807) is 0 Å². The lowest BCUT2D eigenvalue weighted by molar-refractivity contribution is -0.131. The summed E-state index contributed by atoms with van der Waals surface area (Å²) in [6.07, 6.45) is 7.02. The summed E-state index contributed by atoms with van der Waals surface area (Å²) in [5.74, 6) is 0.185. The molecule has 1 atom stereocenters. The molecule has 0 aromatic rings. The maximum atomic E-state index is 12.4. The Hall–Kier alpha value is -1.13. The van der Waals surface area contributed by atoms with Crippen molar-refractivity contribution < 1.29 is 9.53 Å². The van der Waals surface area contributed by atoms with Gasteiger partial charge in [0.1, 0.15) is 0 Å². The smallest absolute Gasteiger partial charge is 0.250 e. The van der Waals surface area contributed by atoms with Crippen molar-refractivity contribution in [1.82, 2.24) is 9.80 Å². The number of amides is 1. The van der Waals surface area contributed by atoms with Gasteiger partial charge in [0.25, 0.3) is 0 Å². The first kappa shape index (κ1) is 14.3. The highest BCUT2D eigenvalue weighted by Gasteiger charge is 2.25. The Kier molecular flexibility index (Phi) is 5.16. The summed E-state index contributed by atoms with van der Waals surface area (Å²) < 4.78 is 5.30. The van der Waals surface area contributed by atoms with E-state index in [-0.39, 0.29) is 5.91 Å². The number of nitrogens with zero attached hydrogens (tertiary/aromatic N) is 2. The topological polar surface area (TPSA) is 32.8 Å². The van der Waals surface area contributed by atoms with Crippen LogP contribution in [0, 0.1) is 0 Å². The standard InChI is InChI=1S/C15H24N2O2/c1-3-16(4-2)14-7-5-6-13(12-14)15(18)17-8-10-19-11-9-17/h5-7,14H,3-4,8-12H2,1-2H3. The van der Waals surface area contributed by atoms with Gasteiger partial charge in [0.15, 0.2) is 0 Å². The van der Waals surface area contributed by atoms with Crippen LogP contribution in [0.15, 0.2) is 23.8 Å². The van der Waals surface area contributed by atoms with Crippen molar-refractivity contribution in [2.45, 2.75) is 26.3 Å². The van der Waals surface area contributed by atoms with E-state index in [9.17, 15) is 4.79 Å². The SMILES string of the molecule is CCN(CC)C1C=CC=C(C(=O)N2CCOCC2)C1. The minimum atomic E-state index is 0.185. The van der Waals surface area contributed by atoms with E-state index >= 15 is 0 Å². The number of likely N-dealkylation sites (N-methyl/N-ethyl adjacent to an activating group) is 1. The molecule has 106 valence electrons. The van der Waals surface area contributed by atoms with E-state index < -0.39 is 0 Å². The van der Waals surface area contributed by atoms with E-state index in [1.807, 2.05) is 17.1 Å². The first-order chi connectivity index (χ1) is 9.26. The van der Waals surface area contributed by atoms with Crippen LogP contribution in [0.1, 0.15) is 20.3 Å². The third-order valence-electron chi connectivity index (χ3n) is 3.91. The average Bonchev–Trinajstić information content (AvgIpc) is 2.49. The van der Waals surface area contributed by atoms with Gasteiger partial charge in [-0.05, 0) is 19.5 Å². The molecule has 1 fully saturated rings. The molecule has 4 heteroatoms. The molecule has 0 aromatic heterocycles. The molecule has 4 nitrogen and oxygen atoms in total. The van der Waals surface area contributed by atoms with Crippen LogP contribution in [-0.4, -0.2) is 61.1 Å². The van der Waals surface area contributed by atoms with Crippen LogP contribution in [0.4, 0.5) is 0 Å². The van der Waals surface area contributed by atoms with Crippen LogP contribution in [0.25, 0.3) is 0 Å². The molecule has 19 heavy (non-hydrogen) atoms. The van der Waals surface area contributed by atoms with Crippen LogP contribution >= 0.6 is 0 Å². The van der Waals surface area contributed by atoms with Crippen molar-refractivity contribution in [3.05, 3.63) is 23.8 Å². The Morgan fingerprint density at radius 1 is 1.37 bits per heavy atom. The molecule has 0 bridgehead atoms. The Labute approximate surface area is 115 Å². The zero-order valence-corrected chi connectivity index (χ0v) is 12.0. The van der Waals surface area contributed by atoms with E-state index in [4.69, 9.17) is 4.74 Å². The molecule has 0 spiro atoms. The van der Waals surface area contributed by atoms with Gasteiger partial charge in [0, 0.05) is 24.7 Å². The maximum Gasteiger partial charge on any atom is 0.250 e. The lowest BCUT2D eigenvalue weighted by Gasteiger charge is -2.32. The predicted octanol–water partition coefficient (Wildman–Crippen LogP) is 1.44. The van der Waals surface area contributed by atoms with Crippen LogP contribution < -0.4 is 0 Å². The lowest BCUT2D eigenvalue weighted by atomic mass is 9.98. The number of carbonyl (C=O) groups is 1. The fourth-order valence-corrected chi connectivity index (χ4v) is 2.73. The Morgan fingerprint density at radius 2 is 2.05 bits per heavy atom. The normalized spacial score (nSPS) is 23.6. The summed E-state index contributed by atoms with van der Waals surface area (Å²) in [7, 11) is 0. The fourth-order valence-electron chi connectivity index (χ4n) is 2.73. The molecule has 0 N–H and O–H groups in total. The molecule has 1 aliphatic carbocycles. The maximum absolute atomic E-state index is 12.4. The van der Waals surface area contributed by atoms with E-state index in [2.05, 4.69) is 24.8 Å². The first-order valence-corrected chi connectivity index (χ1v) is 7.24. The number of carbonyl (C=O) groups excluding carboxylic acids is 1. The predicted molar refractivity (Wildman–Crippen MR) is 75.9 cm³/mol. The van der Waals surface area contributed by atoms with Crippen LogP contribution in [-0.2, 0) is 9.53 Å². The van der Waals surface area contributed by atoms with Crippen LogP contribution in [0.3, 0.4) is 0 Å². The monoisotopic (exact) mass is 264 g/mol. The third kappa shape index (κ3) is 3.45. The summed E-state index contributed by atoms with van der Waals surface area (Å²) >= 11 is 0. The summed E-state index contributed by atoms with van der Waals surface area (Å²) in [4.78, 5) is 16.7. The third-order valence-corrected chi connectivity index (χ3v) is 3.91. The van der Waals surface area contributed by atoms with Gasteiger partial charge in [-0.1, -0.05) is 32.1 Å². The van der Waals surface area contributed by atoms with Crippen molar-refractivity contribution in [2.75, 3.05) is 39.4 Å². The highest BCUT2D eigenvalue weighted by molar-refractivity contribution is 5.94. The number of hydrogen-bond acceptors (Lipinski definition) is 3. The highest BCUT2D eigenvalue weighted by Crippen LogP contribution is 2.20. The first-order valence-electron chi connectivity index (χ1n) is 7.24. The van der Waals surface area contributed by atoms with Crippen molar-refractivity contribution in [1.29, 1.82) is 0 Å². The van der Waals surface area contributed by atoms with Crippen molar-refractivity contribution in [3.63, 3.8) is 0 Å². The molecule has 0 aromatic carbocycles. The number of rotatable bonds is 4. The fraction of sp³-hybridized carbons (Fsp3) is 0.667. The Bertz CT molecular complexity index is 366. The molecule has 0 saturated carbocycles. The molecular weight excluding hydrogens is 240 g/mol. The van der Waals surface area contributed by atoms with Gasteiger partial charge in [-0.15, -0.1) is 0 Å². The quantitative estimate of drug-likeness (QED) is 0.770. The Morgan fingerprint density at radius 3 is 2.68 bits per heavy atom. The molecule has 1 unspecified atom stereocenters. The minimum Gasteiger partial charge on any atom is -0.378 e. The summed E-state index contributed by atoms with van der Waals surface area (Å²) in [5, 5.41) is 0. The second kappa shape index (κ2) is 6.87. The van der Waals surface area contributed by atoms with Crippen LogP contribution in [0.2, 0.25) is 0 Å². The van der Waals surface area contributed by atoms with Gasteiger partial charge in [-0.25, -0.2) is 0 Å². The zero-order chi connectivity index (χ0) is 13.7. The molecule has 1 saturated heterocycles.